The van der Waals surface area contributed by atoms with Crippen LogP contribution in [0.25, 0.3) is 0 Å². The lowest BCUT2D eigenvalue weighted by atomic mass is 9.99. The molecule has 0 aliphatic carbocycles. The highest BCUT2D eigenvalue weighted by Crippen LogP contribution is 2.19. The van der Waals surface area contributed by atoms with Gasteiger partial charge in [-0.3, -0.25) is 0 Å². The van der Waals surface area contributed by atoms with Gasteiger partial charge in [0.25, 0.3) is 0 Å². The number of aryl methyl sites for hydroxylation is 1. The van der Waals surface area contributed by atoms with Gasteiger partial charge >= 0.3 is 0 Å². The van der Waals surface area contributed by atoms with Gasteiger partial charge in [0.05, 0.1) is 12.0 Å². The molecule has 3 nitrogen and oxygen atoms in total. The number of imidazole rings is 1. The normalized spacial score (nSPS) is 12.6. The standard InChI is InChI=1S/C13H16N2O/c1-2-10-5-3-4-6-11(10)7-13(16)12-8-14-9-15-12/h3-6,8-9,13,16H,2,7H2,1H3,(H,14,15). The maximum Gasteiger partial charge on any atom is 0.101 e. The maximum atomic E-state index is 10.0. The van der Waals surface area contributed by atoms with Crippen molar-refractivity contribution in [2.45, 2.75) is 25.9 Å². The van der Waals surface area contributed by atoms with Gasteiger partial charge in [-0.25, -0.2) is 4.98 Å². The van der Waals surface area contributed by atoms with E-state index in [0.29, 0.717) is 12.1 Å². The van der Waals surface area contributed by atoms with Crippen molar-refractivity contribution in [2.75, 3.05) is 0 Å². The molecule has 84 valence electrons. The van der Waals surface area contributed by atoms with Crippen LogP contribution in [0.15, 0.2) is 36.8 Å². The quantitative estimate of drug-likeness (QED) is 0.823. The third kappa shape index (κ3) is 2.31. The summed E-state index contributed by atoms with van der Waals surface area (Å²) in [6.07, 6.45) is 4.40. The maximum absolute atomic E-state index is 10.0. The number of aromatic amines is 1. The average Bonchev–Trinajstić information content (AvgIpc) is 2.83. The molecule has 0 spiro atoms. The second kappa shape index (κ2) is 4.94. The molecule has 0 amide bonds. The predicted octanol–water partition coefficient (Wildman–Crippen LogP) is 2.25. The van der Waals surface area contributed by atoms with Gasteiger partial charge in [0.2, 0.25) is 0 Å². The van der Waals surface area contributed by atoms with E-state index in [4.69, 9.17) is 0 Å². The minimum atomic E-state index is -0.529. The largest absolute Gasteiger partial charge is 0.386 e. The number of nitrogens with one attached hydrogen (secondary N) is 1. The van der Waals surface area contributed by atoms with E-state index in [1.165, 1.54) is 11.1 Å². The number of nitrogens with zero attached hydrogens (tertiary/aromatic N) is 1. The smallest absolute Gasteiger partial charge is 0.101 e. The van der Waals surface area contributed by atoms with Crippen LogP contribution in [0.3, 0.4) is 0 Å². The fourth-order valence-corrected chi connectivity index (χ4v) is 1.87. The van der Waals surface area contributed by atoms with E-state index < -0.39 is 6.10 Å². The summed E-state index contributed by atoms with van der Waals surface area (Å²) in [4.78, 5) is 6.92. The van der Waals surface area contributed by atoms with Gasteiger partial charge in [0, 0.05) is 12.6 Å². The van der Waals surface area contributed by atoms with Crippen molar-refractivity contribution in [3.63, 3.8) is 0 Å². The van der Waals surface area contributed by atoms with Crippen molar-refractivity contribution in [2.24, 2.45) is 0 Å². The van der Waals surface area contributed by atoms with Crippen LogP contribution in [0.5, 0.6) is 0 Å². The van der Waals surface area contributed by atoms with Crippen LogP contribution in [0.2, 0.25) is 0 Å². The van der Waals surface area contributed by atoms with E-state index in [1.54, 1.807) is 12.5 Å². The van der Waals surface area contributed by atoms with E-state index in [9.17, 15) is 5.11 Å². The Morgan fingerprint density at radius 2 is 2.06 bits per heavy atom. The van der Waals surface area contributed by atoms with E-state index in [1.807, 2.05) is 12.1 Å². The topological polar surface area (TPSA) is 48.9 Å². The highest BCUT2D eigenvalue weighted by molar-refractivity contribution is 5.28. The molecule has 0 aliphatic heterocycles. The van der Waals surface area contributed by atoms with Gasteiger partial charge in [-0.1, -0.05) is 31.2 Å². The Bertz CT molecular complexity index is 437. The summed E-state index contributed by atoms with van der Waals surface area (Å²) in [6, 6.07) is 8.20. The van der Waals surface area contributed by atoms with Gasteiger partial charge < -0.3 is 10.1 Å². The number of rotatable bonds is 4. The first-order valence-electron chi connectivity index (χ1n) is 5.54. The zero-order valence-electron chi connectivity index (χ0n) is 9.35. The van der Waals surface area contributed by atoms with Crippen molar-refractivity contribution in [3.05, 3.63) is 53.6 Å². The summed E-state index contributed by atoms with van der Waals surface area (Å²) >= 11 is 0. The van der Waals surface area contributed by atoms with Crippen molar-refractivity contribution in [1.82, 2.24) is 9.97 Å². The highest BCUT2D eigenvalue weighted by Gasteiger charge is 2.11. The summed E-state index contributed by atoms with van der Waals surface area (Å²) in [7, 11) is 0. The Balaban J connectivity index is 2.14. The fourth-order valence-electron chi connectivity index (χ4n) is 1.87. The number of benzene rings is 1. The van der Waals surface area contributed by atoms with Crippen molar-refractivity contribution in [3.8, 4) is 0 Å². The van der Waals surface area contributed by atoms with Crippen LogP contribution in [0.4, 0.5) is 0 Å². The van der Waals surface area contributed by atoms with Crippen LogP contribution in [0, 0.1) is 0 Å². The molecule has 0 saturated heterocycles. The summed E-state index contributed by atoms with van der Waals surface area (Å²) in [5.41, 5.74) is 3.18. The molecule has 1 aromatic carbocycles. The van der Waals surface area contributed by atoms with Crippen LogP contribution in [-0.2, 0) is 12.8 Å². The molecule has 1 aromatic heterocycles. The second-order valence-corrected chi connectivity index (χ2v) is 3.84. The second-order valence-electron chi connectivity index (χ2n) is 3.84. The molecule has 3 heteroatoms. The molecule has 1 heterocycles. The molecule has 1 atom stereocenters. The van der Waals surface area contributed by atoms with Gasteiger partial charge in [-0.05, 0) is 17.5 Å². The van der Waals surface area contributed by atoms with Gasteiger partial charge in [-0.2, -0.15) is 0 Å². The van der Waals surface area contributed by atoms with E-state index >= 15 is 0 Å². The number of hydrogen-bond acceptors (Lipinski definition) is 2. The molecular formula is C13H16N2O. The molecule has 0 saturated carbocycles. The molecule has 16 heavy (non-hydrogen) atoms. The van der Waals surface area contributed by atoms with E-state index in [2.05, 4.69) is 29.0 Å². The van der Waals surface area contributed by atoms with E-state index in [-0.39, 0.29) is 0 Å². The lowest BCUT2D eigenvalue weighted by Gasteiger charge is -2.11. The Morgan fingerprint density at radius 1 is 1.31 bits per heavy atom. The Kier molecular flexibility index (Phi) is 3.37. The summed E-state index contributed by atoms with van der Waals surface area (Å²) < 4.78 is 0. The number of aliphatic hydroxyl groups is 1. The fraction of sp³-hybridized carbons (Fsp3) is 0.308. The zero-order chi connectivity index (χ0) is 11.4. The van der Waals surface area contributed by atoms with Crippen molar-refractivity contribution >= 4 is 0 Å². The molecule has 2 aromatic rings. The van der Waals surface area contributed by atoms with Gasteiger partial charge in [-0.15, -0.1) is 0 Å². The molecule has 2 N–H and O–H groups in total. The van der Waals surface area contributed by atoms with Gasteiger partial charge in [0.15, 0.2) is 0 Å². The molecule has 0 radical (unpaired) electrons. The molecule has 0 bridgehead atoms. The molecule has 2 rings (SSSR count). The summed E-state index contributed by atoms with van der Waals surface area (Å²) in [6.45, 7) is 2.12. The first kappa shape index (κ1) is 10.9. The van der Waals surface area contributed by atoms with Crippen LogP contribution >= 0.6 is 0 Å². The predicted molar refractivity (Wildman–Crippen MR) is 63.1 cm³/mol. The molecule has 0 aliphatic rings. The molecule has 1 unspecified atom stereocenters. The Hall–Kier alpha value is -1.61. The number of aromatic nitrogens is 2. The van der Waals surface area contributed by atoms with Crippen LogP contribution in [-0.4, -0.2) is 15.1 Å². The Morgan fingerprint density at radius 3 is 2.69 bits per heavy atom. The summed E-state index contributed by atoms with van der Waals surface area (Å²) in [5.74, 6) is 0. The van der Waals surface area contributed by atoms with Crippen LogP contribution < -0.4 is 0 Å². The third-order valence-electron chi connectivity index (χ3n) is 2.77. The lowest BCUT2D eigenvalue weighted by molar-refractivity contribution is 0.174. The monoisotopic (exact) mass is 216 g/mol. The third-order valence-corrected chi connectivity index (χ3v) is 2.77. The number of H-pyrrole nitrogens is 1. The Labute approximate surface area is 95.2 Å². The van der Waals surface area contributed by atoms with Crippen molar-refractivity contribution in [1.29, 1.82) is 0 Å². The highest BCUT2D eigenvalue weighted by atomic mass is 16.3. The minimum Gasteiger partial charge on any atom is -0.386 e. The first-order chi connectivity index (χ1) is 7.81. The minimum absolute atomic E-state index is 0.529. The van der Waals surface area contributed by atoms with Crippen molar-refractivity contribution < 1.29 is 5.11 Å². The molecular weight excluding hydrogens is 200 g/mol. The van der Waals surface area contributed by atoms with Crippen LogP contribution in [0.1, 0.15) is 29.8 Å². The first-order valence-corrected chi connectivity index (χ1v) is 5.54. The number of hydrogen-bond donors (Lipinski definition) is 2. The SMILES string of the molecule is CCc1ccccc1CC(O)c1c[nH]cn1. The van der Waals surface area contributed by atoms with E-state index in [0.717, 1.165) is 6.42 Å². The van der Waals surface area contributed by atoms with Gasteiger partial charge in [0.1, 0.15) is 6.10 Å². The number of aliphatic hydroxyl groups excluding tert-OH is 1. The molecule has 0 fully saturated rings. The lowest BCUT2D eigenvalue weighted by Crippen LogP contribution is -2.04. The average molecular weight is 216 g/mol. The summed E-state index contributed by atoms with van der Waals surface area (Å²) in [5, 5.41) is 10.0. The zero-order valence-corrected chi connectivity index (χ0v) is 9.35.